The molecule has 32 heavy (non-hydrogen) atoms. The number of fused-ring (bicyclic) bond motifs is 1. The minimum Gasteiger partial charge on any atom is -0.478 e. The van der Waals surface area contributed by atoms with Crippen LogP contribution in [0.15, 0.2) is 66.7 Å². The quantitative estimate of drug-likeness (QED) is 0.424. The zero-order valence-corrected chi connectivity index (χ0v) is 18.2. The molecular formula is C27H26O5. The van der Waals surface area contributed by atoms with Gasteiger partial charge in [-0.1, -0.05) is 50.2 Å². The van der Waals surface area contributed by atoms with Gasteiger partial charge in [0, 0.05) is 0 Å². The van der Waals surface area contributed by atoms with Crippen molar-refractivity contribution in [2.75, 3.05) is 0 Å². The van der Waals surface area contributed by atoms with Crippen LogP contribution in [0.4, 0.5) is 0 Å². The third-order valence-corrected chi connectivity index (χ3v) is 6.17. The molecule has 2 N–H and O–H groups in total. The van der Waals surface area contributed by atoms with Crippen LogP contribution in [-0.2, 0) is 11.8 Å². The second kappa shape index (κ2) is 8.60. The third kappa shape index (κ3) is 4.43. The Kier molecular flexibility index (Phi) is 5.85. The Morgan fingerprint density at radius 2 is 1.78 bits per heavy atom. The monoisotopic (exact) mass is 430 g/mol. The topological polar surface area (TPSA) is 83.8 Å². The molecule has 4 rings (SSSR count). The Morgan fingerprint density at radius 1 is 1.03 bits per heavy atom. The van der Waals surface area contributed by atoms with Crippen LogP contribution in [0.2, 0.25) is 0 Å². The Hall–Kier alpha value is -3.44. The van der Waals surface area contributed by atoms with Crippen molar-refractivity contribution in [2.24, 2.45) is 0 Å². The lowest BCUT2D eigenvalue weighted by molar-refractivity contribution is 0.0695. The van der Waals surface area contributed by atoms with Crippen LogP contribution in [0.5, 0.6) is 5.75 Å². The lowest BCUT2D eigenvalue weighted by atomic mass is 9.71. The van der Waals surface area contributed by atoms with Crippen molar-refractivity contribution < 1.29 is 24.5 Å². The first kappa shape index (κ1) is 21.8. The number of benzene rings is 3. The molecule has 0 saturated heterocycles. The Bertz CT molecular complexity index is 1160. The molecule has 1 atom stereocenters. The highest BCUT2D eigenvalue weighted by Gasteiger charge is 2.32. The number of aromatic carboxylic acids is 1. The molecule has 5 heteroatoms. The predicted octanol–water partition coefficient (Wildman–Crippen LogP) is 5.30. The van der Waals surface area contributed by atoms with Crippen LogP contribution < -0.4 is 4.74 Å². The van der Waals surface area contributed by atoms with Gasteiger partial charge in [0.25, 0.3) is 0 Å². The summed E-state index contributed by atoms with van der Waals surface area (Å²) in [6.07, 6.45) is 1.34. The van der Waals surface area contributed by atoms with Gasteiger partial charge in [0.2, 0.25) is 0 Å². The zero-order chi connectivity index (χ0) is 22.9. The summed E-state index contributed by atoms with van der Waals surface area (Å²) in [5.41, 5.74) is 3.81. The molecule has 0 aromatic heterocycles. The first-order chi connectivity index (χ1) is 15.2. The number of ether oxygens (including phenoxy) is 1. The smallest absolute Gasteiger partial charge is 0.343 e. The highest BCUT2D eigenvalue weighted by molar-refractivity contribution is 5.92. The Balaban J connectivity index is 1.60. The average Bonchev–Trinajstić information content (AvgIpc) is 2.77. The number of carbonyl (C=O) groups is 2. The first-order valence-electron chi connectivity index (χ1n) is 10.7. The second-order valence-electron chi connectivity index (χ2n) is 8.92. The van der Waals surface area contributed by atoms with Crippen LogP contribution in [0.1, 0.15) is 75.8 Å². The van der Waals surface area contributed by atoms with Crippen LogP contribution in [-0.4, -0.2) is 22.2 Å². The fourth-order valence-electron chi connectivity index (χ4n) is 4.34. The number of carbonyl (C=O) groups excluding carboxylic acids is 1. The minimum absolute atomic E-state index is 0.0595. The fourth-order valence-corrected chi connectivity index (χ4v) is 4.34. The lowest BCUT2D eigenvalue weighted by Crippen LogP contribution is -2.26. The van der Waals surface area contributed by atoms with E-state index in [1.165, 1.54) is 12.1 Å². The van der Waals surface area contributed by atoms with E-state index in [0.717, 1.165) is 23.1 Å². The van der Waals surface area contributed by atoms with Gasteiger partial charge in [0.05, 0.1) is 17.2 Å². The Labute approximate surface area is 187 Å². The summed E-state index contributed by atoms with van der Waals surface area (Å²) in [6, 6.07) is 19.4. The molecule has 164 valence electrons. The number of aliphatic hydroxyl groups is 1. The van der Waals surface area contributed by atoms with E-state index >= 15 is 0 Å². The summed E-state index contributed by atoms with van der Waals surface area (Å²) in [5, 5.41) is 20.0. The zero-order valence-electron chi connectivity index (χ0n) is 18.2. The molecule has 0 radical (unpaired) electrons. The van der Waals surface area contributed by atoms with E-state index in [1.54, 1.807) is 18.2 Å². The van der Waals surface area contributed by atoms with E-state index in [-0.39, 0.29) is 16.7 Å². The van der Waals surface area contributed by atoms with E-state index in [4.69, 9.17) is 4.74 Å². The summed E-state index contributed by atoms with van der Waals surface area (Å²) >= 11 is 0. The van der Waals surface area contributed by atoms with Crippen molar-refractivity contribution in [1.82, 2.24) is 0 Å². The van der Waals surface area contributed by atoms with Crippen molar-refractivity contribution in [3.63, 3.8) is 0 Å². The summed E-state index contributed by atoms with van der Waals surface area (Å²) in [7, 11) is 0. The average molecular weight is 431 g/mol. The number of hydrogen-bond acceptors (Lipinski definition) is 4. The SMILES string of the molecule is CC1(C)CCC(O)c2cc(C(=O)Oc3ccc(C(=O)O)c(Cc4ccccc4)c3)ccc21. The normalized spacial score (nSPS) is 16.8. The number of rotatable bonds is 5. The highest BCUT2D eigenvalue weighted by atomic mass is 16.5. The molecule has 1 aliphatic carbocycles. The van der Waals surface area contributed by atoms with Crippen molar-refractivity contribution in [1.29, 1.82) is 0 Å². The van der Waals surface area contributed by atoms with E-state index in [0.29, 0.717) is 24.0 Å². The van der Waals surface area contributed by atoms with Gasteiger partial charge < -0.3 is 14.9 Å². The second-order valence-corrected chi connectivity index (χ2v) is 8.92. The van der Waals surface area contributed by atoms with Crippen molar-refractivity contribution >= 4 is 11.9 Å². The Morgan fingerprint density at radius 3 is 2.50 bits per heavy atom. The summed E-state index contributed by atoms with van der Waals surface area (Å²) in [5.74, 6) is -1.29. The minimum atomic E-state index is -1.03. The van der Waals surface area contributed by atoms with E-state index in [1.807, 2.05) is 36.4 Å². The molecule has 0 fully saturated rings. The maximum atomic E-state index is 12.8. The van der Waals surface area contributed by atoms with Crippen molar-refractivity contribution in [2.45, 2.75) is 44.6 Å². The largest absolute Gasteiger partial charge is 0.478 e. The van der Waals surface area contributed by atoms with Crippen molar-refractivity contribution in [3.8, 4) is 5.75 Å². The summed E-state index contributed by atoms with van der Waals surface area (Å²) < 4.78 is 5.58. The van der Waals surface area contributed by atoms with Crippen LogP contribution in [0.3, 0.4) is 0 Å². The summed E-state index contributed by atoms with van der Waals surface area (Å²) in [4.78, 5) is 24.5. The van der Waals surface area contributed by atoms with Gasteiger partial charge in [-0.05, 0) is 77.3 Å². The van der Waals surface area contributed by atoms with Gasteiger partial charge in [-0.2, -0.15) is 0 Å². The first-order valence-corrected chi connectivity index (χ1v) is 10.7. The molecule has 5 nitrogen and oxygen atoms in total. The van der Waals surface area contributed by atoms with Crippen molar-refractivity contribution in [3.05, 3.63) is 100 Å². The van der Waals surface area contributed by atoms with Gasteiger partial charge in [-0.25, -0.2) is 9.59 Å². The number of hydrogen-bond donors (Lipinski definition) is 2. The van der Waals surface area contributed by atoms with Crippen LogP contribution in [0, 0.1) is 0 Å². The maximum absolute atomic E-state index is 12.8. The predicted molar refractivity (Wildman–Crippen MR) is 121 cm³/mol. The molecular weight excluding hydrogens is 404 g/mol. The van der Waals surface area contributed by atoms with E-state index < -0.39 is 18.0 Å². The van der Waals surface area contributed by atoms with E-state index in [9.17, 15) is 19.8 Å². The molecule has 0 spiro atoms. The lowest BCUT2D eigenvalue weighted by Gasteiger charge is -2.35. The standard InChI is InChI=1S/C27H26O5/c1-27(2)13-12-24(28)22-16-18(8-11-23(22)27)26(31)32-20-9-10-21(25(29)30)19(15-20)14-17-6-4-3-5-7-17/h3-11,15-16,24,28H,12-14H2,1-2H3,(H,29,30). The molecule has 1 unspecified atom stereocenters. The molecule has 1 aliphatic rings. The maximum Gasteiger partial charge on any atom is 0.343 e. The number of aliphatic hydroxyl groups excluding tert-OH is 1. The molecule has 0 heterocycles. The van der Waals surface area contributed by atoms with E-state index in [2.05, 4.69) is 13.8 Å². The van der Waals surface area contributed by atoms with Crippen LogP contribution >= 0.6 is 0 Å². The van der Waals surface area contributed by atoms with Gasteiger partial charge in [-0.15, -0.1) is 0 Å². The molecule has 0 amide bonds. The van der Waals surface area contributed by atoms with Gasteiger partial charge in [0.1, 0.15) is 5.75 Å². The van der Waals surface area contributed by atoms with Gasteiger partial charge in [0.15, 0.2) is 0 Å². The number of carboxylic acids is 1. The molecule has 3 aromatic rings. The number of esters is 1. The molecule has 0 saturated carbocycles. The molecule has 3 aromatic carbocycles. The fraction of sp³-hybridized carbons (Fsp3) is 0.259. The number of carboxylic acid groups (broad SMARTS) is 1. The van der Waals surface area contributed by atoms with Gasteiger partial charge >= 0.3 is 11.9 Å². The molecule has 0 bridgehead atoms. The summed E-state index contributed by atoms with van der Waals surface area (Å²) in [6.45, 7) is 4.27. The van der Waals surface area contributed by atoms with Gasteiger partial charge in [-0.3, -0.25) is 0 Å². The highest BCUT2D eigenvalue weighted by Crippen LogP contribution is 2.41. The third-order valence-electron chi connectivity index (χ3n) is 6.17. The molecule has 0 aliphatic heterocycles. The van der Waals surface area contributed by atoms with Crippen LogP contribution in [0.25, 0.3) is 0 Å².